The summed E-state index contributed by atoms with van der Waals surface area (Å²) in [5.41, 5.74) is 0.740. The van der Waals surface area contributed by atoms with Crippen molar-refractivity contribution >= 4 is 5.78 Å². The lowest BCUT2D eigenvalue weighted by Gasteiger charge is -2.25. The number of ketones is 1. The third-order valence-electron chi connectivity index (χ3n) is 3.35. The summed E-state index contributed by atoms with van der Waals surface area (Å²) in [6, 6.07) is 9.32. The summed E-state index contributed by atoms with van der Waals surface area (Å²) in [5.74, 6) is 0.192. The van der Waals surface area contributed by atoms with E-state index in [0.29, 0.717) is 5.75 Å². The fourth-order valence-electron chi connectivity index (χ4n) is 2.05. The van der Waals surface area contributed by atoms with Crippen LogP contribution in [0.5, 0.6) is 5.75 Å². The third-order valence-corrected chi connectivity index (χ3v) is 3.35. The zero-order valence-electron chi connectivity index (χ0n) is 9.85. The van der Waals surface area contributed by atoms with Crippen LogP contribution >= 0.6 is 0 Å². The van der Waals surface area contributed by atoms with Gasteiger partial charge in [0.05, 0.1) is 13.2 Å². The molecule has 0 heterocycles. The second-order valence-electron chi connectivity index (χ2n) is 4.37. The second kappa shape index (κ2) is 5.01. The summed E-state index contributed by atoms with van der Waals surface area (Å²) in [7, 11) is 1.58. The number of benzene rings is 1. The van der Waals surface area contributed by atoms with Gasteiger partial charge in [0.1, 0.15) is 11.7 Å². The number of hydrogen-bond donors (Lipinski definition) is 0. The molecule has 0 amide bonds. The van der Waals surface area contributed by atoms with Crippen molar-refractivity contribution < 1.29 is 9.53 Å². The molecule has 1 aliphatic rings. The van der Waals surface area contributed by atoms with Gasteiger partial charge in [0.15, 0.2) is 5.78 Å². The van der Waals surface area contributed by atoms with Gasteiger partial charge in [-0.3, -0.25) is 4.79 Å². The summed E-state index contributed by atoms with van der Waals surface area (Å²) in [6.45, 7) is 0. The molecule has 0 radical (unpaired) electrons. The Hall–Kier alpha value is -1.82. The maximum absolute atomic E-state index is 12.1. The van der Waals surface area contributed by atoms with Crippen molar-refractivity contribution in [1.29, 1.82) is 5.26 Å². The predicted octanol–water partition coefficient (Wildman–Crippen LogP) is 2.67. The fourth-order valence-corrected chi connectivity index (χ4v) is 2.05. The van der Waals surface area contributed by atoms with Crippen molar-refractivity contribution in [3.8, 4) is 11.8 Å². The van der Waals surface area contributed by atoms with E-state index >= 15 is 0 Å². The van der Waals surface area contributed by atoms with Gasteiger partial charge < -0.3 is 4.74 Å². The summed E-state index contributed by atoms with van der Waals surface area (Å²) >= 11 is 0. The number of methoxy groups -OCH3 is 1. The van der Waals surface area contributed by atoms with E-state index in [1.165, 1.54) is 0 Å². The molecular formula is C14H15NO2. The average Bonchev–Trinajstić information content (AvgIpc) is 2.28. The van der Waals surface area contributed by atoms with Gasteiger partial charge in [0.25, 0.3) is 0 Å². The minimum atomic E-state index is -0.643. The van der Waals surface area contributed by atoms with Crippen molar-refractivity contribution in [1.82, 2.24) is 0 Å². The largest absolute Gasteiger partial charge is 0.497 e. The van der Waals surface area contributed by atoms with Crippen molar-refractivity contribution in [3.05, 3.63) is 29.8 Å². The molecule has 1 atom stereocenters. The number of nitriles is 1. The number of carbonyl (C=O) groups excluding carboxylic acids is 1. The number of carbonyl (C=O) groups is 1. The lowest BCUT2D eigenvalue weighted by atomic mass is 9.76. The van der Waals surface area contributed by atoms with Crippen LogP contribution in [0.15, 0.2) is 24.3 Å². The molecule has 2 rings (SSSR count). The average molecular weight is 229 g/mol. The monoisotopic (exact) mass is 229 g/mol. The molecule has 88 valence electrons. The Morgan fingerprint density at radius 2 is 2.29 bits per heavy atom. The van der Waals surface area contributed by atoms with E-state index in [1.54, 1.807) is 13.2 Å². The molecule has 1 unspecified atom stereocenters. The van der Waals surface area contributed by atoms with Gasteiger partial charge in [-0.15, -0.1) is 0 Å². The number of hydrogen-bond acceptors (Lipinski definition) is 3. The molecule has 0 bridgehead atoms. The Bertz CT molecular complexity index is 458. The van der Waals surface area contributed by atoms with E-state index in [0.717, 1.165) is 24.8 Å². The molecule has 3 nitrogen and oxygen atoms in total. The van der Waals surface area contributed by atoms with E-state index in [9.17, 15) is 10.1 Å². The Balaban J connectivity index is 2.22. The standard InChI is InChI=1S/C14H15NO2/c1-17-12-7-3-6-11(8-12)13(9-15)14(16)10-4-2-5-10/h3,6-8,10,13H,2,4-5H2,1H3. The van der Waals surface area contributed by atoms with Crippen molar-refractivity contribution in [2.24, 2.45) is 5.92 Å². The Labute approximate surface area is 101 Å². The zero-order chi connectivity index (χ0) is 12.3. The minimum absolute atomic E-state index is 0.0620. The lowest BCUT2D eigenvalue weighted by Crippen LogP contribution is -2.26. The number of nitrogens with zero attached hydrogens (tertiary/aromatic N) is 1. The lowest BCUT2D eigenvalue weighted by molar-refractivity contribution is -0.125. The third kappa shape index (κ3) is 2.31. The molecule has 0 aromatic heterocycles. The summed E-state index contributed by atoms with van der Waals surface area (Å²) < 4.78 is 5.11. The molecule has 1 saturated carbocycles. The van der Waals surface area contributed by atoms with Crippen LogP contribution in [0.4, 0.5) is 0 Å². The number of rotatable bonds is 4. The molecular weight excluding hydrogens is 214 g/mol. The SMILES string of the molecule is COc1cccc(C(C#N)C(=O)C2CCC2)c1. The molecule has 1 aliphatic carbocycles. The van der Waals surface area contributed by atoms with Gasteiger partial charge in [0, 0.05) is 5.92 Å². The quantitative estimate of drug-likeness (QED) is 0.797. The van der Waals surface area contributed by atoms with Crippen molar-refractivity contribution in [2.75, 3.05) is 7.11 Å². The highest BCUT2D eigenvalue weighted by Crippen LogP contribution is 2.33. The van der Waals surface area contributed by atoms with E-state index in [-0.39, 0.29) is 11.7 Å². The summed E-state index contributed by atoms with van der Waals surface area (Å²) in [6.07, 6.45) is 2.97. The van der Waals surface area contributed by atoms with Gasteiger partial charge in [-0.1, -0.05) is 18.6 Å². The summed E-state index contributed by atoms with van der Waals surface area (Å²) in [5, 5.41) is 9.17. The first kappa shape index (κ1) is 11.7. The zero-order valence-corrected chi connectivity index (χ0v) is 9.85. The van der Waals surface area contributed by atoms with Crippen LogP contribution in [0.25, 0.3) is 0 Å². The predicted molar refractivity (Wildman–Crippen MR) is 63.7 cm³/mol. The molecule has 3 heteroatoms. The van der Waals surface area contributed by atoms with E-state index in [4.69, 9.17) is 4.74 Å². The minimum Gasteiger partial charge on any atom is -0.497 e. The highest BCUT2D eigenvalue weighted by molar-refractivity contribution is 5.91. The van der Waals surface area contributed by atoms with Crippen LogP contribution in [-0.4, -0.2) is 12.9 Å². The molecule has 0 aliphatic heterocycles. The highest BCUT2D eigenvalue weighted by Gasteiger charge is 2.32. The first-order chi connectivity index (χ1) is 8.26. The maximum Gasteiger partial charge on any atom is 0.157 e. The summed E-state index contributed by atoms with van der Waals surface area (Å²) in [4.78, 5) is 12.1. The first-order valence-electron chi connectivity index (χ1n) is 5.83. The molecule has 0 saturated heterocycles. The van der Waals surface area contributed by atoms with Crippen LogP contribution in [0, 0.1) is 17.2 Å². The van der Waals surface area contributed by atoms with Gasteiger partial charge in [0.2, 0.25) is 0 Å². The first-order valence-corrected chi connectivity index (χ1v) is 5.83. The molecule has 17 heavy (non-hydrogen) atoms. The molecule has 1 fully saturated rings. The molecule has 0 N–H and O–H groups in total. The normalized spacial score (nSPS) is 16.7. The molecule has 1 aromatic carbocycles. The van der Waals surface area contributed by atoms with E-state index in [1.807, 2.05) is 18.2 Å². The van der Waals surface area contributed by atoms with Gasteiger partial charge in [-0.25, -0.2) is 0 Å². The van der Waals surface area contributed by atoms with Crippen molar-refractivity contribution in [3.63, 3.8) is 0 Å². The second-order valence-corrected chi connectivity index (χ2v) is 4.37. The topological polar surface area (TPSA) is 50.1 Å². The molecule has 1 aromatic rings. The molecule has 0 spiro atoms. The smallest absolute Gasteiger partial charge is 0.157 e. The van der Waals surface area contributed by atoms with Crippen LogP contribution in [-0.2, 0) is 4.79 Å². The van der Waals surface area contributed by atoms with Crippen LogP contribution in [0.2, 0.25) is 0 Å². The van der Waals surface area contributed by atoms with Gasteiger partial charge in [-0.2, -0.15) is 5.26 Å². The number of ether oxygens (including phenoxy) is 1. The van der Waals surface area contributed by atoms with Crippen molar-refractivity contribution in [2.45, 2.75) is 25.2 Å². The van der Waals surface area contributed by atoms with Crippen LogP contribution in [0.1, 0.15) is 30.7 Å². The number of Topliss-reactive ketones (excluding diaryl/α,β-unsaturated/α-hetero) is 1. The van der Waals surface area contributed by atoms with Crippen LogP contribution < -0.4 is 4.74 Å². The Kier molecular flexibility index (Phi) is 3.43. The van der Waals surface area contributed by atoms with Gasteiger partial charge in [-0.05, 0) is 30.5 Å². The van der Waals surface area contributed by atoms with Gasteiger partial charge >= 0.3 is 0 Å². The highest BCUT2D eigenvalue weighted by atomic mass is 16.5. The maximum atomic E-state index is 12.1. The fraction of sp³-hybridized carbons (Fsp3) is 0.429. The van der Waals surface area contributed by atoms with E-state index < -0.39 is 5.92 Å². The Morgan fingerprint density at radius 1 is 1.53 bits per heavy atom. The Morgan fingerprint density at radius 3 is 2.82 bits per heavy atom. The van der Waals surface area contributed by atoms with Crippen LogP contribution in [0.3, 0.4) is 0 Å². The van der Waals surface area contributed by atoms with E-state index in [2.05, 4.69) is 6.07 Å².